The lowest BCUT2D eigenvalue weighted by Crippen LogP contribution is -2.33. The molecule has 4 nitrogen and oxygen atoms in total. The van der Waals surface area contributed by atoms with E-state index >= 15 is 0 Å². The molecule has 0 aromatic heterocycles. The third-order valence-electron chi connectivity index (χ3n) is 3.41. The van der Waals surface area contributed by atoms with Crippen LogP contribution in [-0.4, -0.2) is 23.7 Å². The zero-order valence-electron chi connectivity index (χ0n) is 10.9. The molecule has 2 rings (SSSR count). The number of halogens is 1. The molecule has 0 aliphatic carbocycles. The molecular weight excluding hydrogens is 266 g/mol. The molecule has 0 saturated carbocycles. The summed E-state index contributed by atoms with van der Waals surface area (Å²) in [6.45, 7) is 2.66. The first-order valence-electron chi connectivity index (χ1n) is 6.51. The van der Waals surface area contributed by atoms with Crippen LogP contribution in [0.4, 0.5) is 5.69 Å². The van der Waals surface area contributed by atoms with Gasteiger partial charge < -0.3 is 15.2 Å². The lowest BCUT2D eigenvalue weighted by Gasteiger charge is -2.28. The Kier molecular flexibility index (Phi) is 4.66. The zero-order chi connectivity index (χ0) is 13.8. The molecule has 104 valence electrons. The number of hydrogen-bond donors (Lipinski definition) is 2. The monoisotopic (exact) mass is 283 g/mol. The van der Waals surface area contributed by atoms with E-state index in [0.29, 0.717) is 23.7 Å². The third-order valence-corrected chi connectivity index (χ3v) is 3.64. The minimum atomic E-state index is -0.0840. The molecule has 0 radical (unpaired) electrons. The van der Waals surface area contributed by atoms with Crippen molar-refractivity contribution in [3.8, 4) is 5.75 Å². The van der Waals surface area contributed by atoms with E-state index in [9.17, 15) is 9.90 Å². The number of phenolic OH excluding ortho intramolecular Hbond substituents is 1. The molecular formula is C14H18ClNO3. The molecule has 1 aliphatic rings. The second-order valence-electron chi connectivity index (χ2n) is 4.77. The Labute approximate surface area is 117 Å². The smallest absolute Gasteiger partial charge is 0.227 e. The lowest BCUT2D eigenvalue weighted by atomic mass is 9.93. The SMILES string of the molecule is CC[C@H]1C[C@@H](C(=O)Nc2cc(Cl)ccc2O)CCO1. The topological polar surface area (TPSA) is 58.6 Å². The molecule has 2 N–H and O–H groups in total. The molecule has 0 bridgehead atoms. The molecule has 1 saturated heterocycles. The summed E-state index contributed by atoms with van der Waals surface area (Å²) < 4.78 is 5.55. The molecule has 1 fully saturated rings. The van der Waals surface area contributed by atoms with Crippen molar-refractivity contribution in [1.82, 2.24) is 0 Å². The Morgan fingerprint density at radius 3 is 3.11 bits per heavy atom. The van der Waals surface area contributed by atoms with Gasteiger partial charge in [-0.1, -0.05) is 18.5 Å². The summed E-state index contributed by atoms with van der Waals surface area (Å²) in [6.07, 6.45) is 2.50. The Hall–Kier alpha value is -1.26. The van der Waals surface area contributed by atoms with Gasteiger partial charge in [0.05, 0.1) is 11.8 Å². The molecule has 5 heteroatoms. The maximum absolute atomic E-state index is 12.2. The van der Waals surface area contributed by atoms with E-state index in [1.165, 1.54) is 6.07 Å². The van der Waals surface area contributed by atoms with E-state index in [1.54, 1.807) is 12.1 Å². The average molecular weight is 284 g/mol. The summed E-state index contributed by atoms with van der Waals surface area (Å²) in [5, 5.41) is 12.9. The normalized spacial score (nSPS) is 23.1. The van der Waals surface area contributed by atoms with Crippen LogP contribution in [0.5, 0.6) is 5.75 Å². The Balaban J connectivity index is 2.02. The predicted octanol–water partition coefficient (Wildman–Crippen LogP) is 3.19. The van der Waals surface area contributed by atoms with Gasteiger partial charge in [0.1, 0.15) is 5.75 Å². The number of amides is 1. The number of rotatable bonds is 3. The number of anilines is 1. The van der Waals surface area contributed by atoms with Crippen molar-refractivity contribution < 1.29 is 14.6 Å². The highest BCUT2D eigenvalue weighted by atomic mass is 35.5. The first kappa shape index (κ1) is 14.2. The maximum Gasteiger partial charge on any atom is 0.227 e. The number of aromatic hydroxyl groups is 1. The minimum absolute atomic E-state index is 0.0249. The van der Waals surface area contributed by atoms with Crippen LogP contribution in [-0.2, 0) is 9.53 Å². The zero-order valence-corrected chi connectivity index (χ0v) is 11.6. The van der Waals surface area contributed by atoms with Crippen molar-refractivity contribution in [3.05, 3.63) is 23.2 Å². The molecule has 2 atom stereocenters. The number of benzene rings is 1. The van der Waals surface area contributed by atoms with Crippen LogP contribution in [0.25, 0.3) is 0 Å². The summed E-state index contributed by atoms with van der Waals surface area (Å²) in [6, 6.07) is 4.59. The number of ether oxygens (including phenoxy) is 1. The quantitative estimate of drug-likeness (QED) is 0.838. The first-order chi connectivity index (χ1) is 9.10. The van der Waals surface area contributed by atoms with Gasteiger partial charge >= 0.3 is 0 Å². The van der Waals surface area contributed by atoms with Crippen LogP contribution >= 0.6 is 11.6 Å². The van der Waals surface area contributed by atoms with E-state index in [2.05, 4.69) is 5.32 Å². The second-order valence-corrected chi connectivity index (χ2v) is 5.21. The summed E-state index contributed by atoms with van der Waals surface area (Å²) in [7, 11) is 0. The number of nitrogens with one attached hydrogen (secondary N) is 1. The van der Waals surface area contributed by atoms with Crippen LogP contribution in [0.1, 0.15) is 26.2 Å². The minimum Gasteiger partial charge on any atom is -0.506 e. The van der Waals surface area contributed by atoms with Gasteiger partial charge in [-0.05, 0) is 37.5 Å². The molecule has 1 heterocycles. The first-order valence-corrected chi connectivity index (χ1v) is 6.89. The Morgan fingerprint density at radius 2 is 2.37 bits per heavy atom. The molecule has 1 aromatic rings. The van der Waals surface area contributed by atoms with Crippen molar-refractivity contribution >= 4 is 23.2 Å². The fraction of sp³-hybridized carbons (Fsp3) is 0.500. The average Bonchev–Trinajstić information content (AvgIpc) is 2.43. The van der Waals surface area contributed by atoms with Crippen molar-refractivity contribution in [2.24, 2.45) is 5.92 Å². The molecule has 1 aliphatic heterocycles. The number of phenols is 1. The summed E-state index contributed by atoms with van der Waals surface area (Å²) in [5.41, 5.74) is 0.358. The number of hydrogen-bond acceptors (Lipinski definition) is 3. The fourth-order valence-electron chi connectivity index (χ4n) is 2.25. The van der Waals surface area contributed by atoms with Gasteiger partial charge in [-0.3, -0.25) is 4.79 Å². The predicted molar refractivity (Wildman–Crippen MR) is 74.5 cm³/mol. The van der Waals surface area contributed by atoms with Crippen LogP contribution in [0.2, 0.25) is 5.02 Å². The van der Waals surface area contributed by atoms with Gasteiger partial charge in [-0.2, -0.15) is 0 Å². The molecule has 19 heavy (non-hydrogen) atoms. The third kappa shape index (κ3) is 3.61. The standard InChI is InChI=1S/C14H18ClNO3/c1-2-11-7-9(5-6-19-11)14(18)16-12-8-10(15)3-4-13(12)17/h3-4,8-9,11,17H,2,5-7H2,1H3,(H,16,18)/t9-,11-/m0/s1. The highest BCUT2D eigenvalue weighted by Crippen LogP contribution is 2.29. The second kappa shape index (κ2) is 6.26. The van der Waals surface area contributed by atoms with Crippen molar-refractivity contribution in [2.75, 3.05) is 11.9 Å². The summed E-state index contributed by atoms with van der Waals surface area (Å²) in [4.78, 5) is 12.2. The van der Waals surface area contributed by atoms with Crippen molar-refractivity contribution in [3.63, 3.8) is 0 Å². The van der Waals surface area contributed by atoms with E-state index in [0.717, 1.165) is 12.8 Å². The number of carbonyl (C=O) groups is 1. The molecule has 0 unspecified atom stereocenters. The summed E-state index contributed by atoms with van der Waals surface area (Å²) in [5.74, 6) is -0.131. The van der Waals surface area contributed by atoms with Crippen LogP contribution < -0.4 is 5.32 Å². The Bertz CT molecular complexity index is 464. The van der Waals surface area contributed by atoms with Gasteiger partial charge in [0.15, 0.2) is 0 Å². The van der Waals surface area contributed by atoms with E-state index in [1.807, 2.05) is 6.92 Å². The van der Waals surface area contributed by atoms with Crippen molar-refractivity contribution in [2.45, 2.75) is 32.3 Å². The highest BCUT2D eigenvalue weighted by Gasteiger charge is 2.27. The van der Waals surface area contributed by atoms with E-state index < -0.39 is 0 Å². The lowest BCUT2D eigenvalue weighted by molar-refractivity contribution is -0.124. The van der Waals surface area contributed by atoms with Gasteiger partial charge in [-0.25, -0.2) is 0 Å². The fourth-order valence-corrected chi connectivity index (χ4v) is 2.42. The maximum atomic E-state index is 12.2. The van der Waals surface area contributed by atoms with Gasteiger partial charge in [0.25, 0.3) is 0 Å². The van der Waals surface area contributed by atoms with Crippen LogP contribution in [0.3, 0.4) is 0 Å². The largest absolute Gasteiger partial charge is 0.506 e. The molecule has 1 aromatic carbocycles. The van der Waals surface area contributed by atoms with Crippen molar-refractivity contribution in [1.29, 1.82) is 0 Å². The van der Waals surface area contributed by atoms with E-state index in [4.69, 9.17) is 16.3 Å². The van der Waals surface area contributed by atoms with Crippen LogP contribution in [0, 0.1) is 5.92 Å². The summed E-state index contributed by atoms with van der Waals surface area (Å²) >= 11 is 5.85. The number of carbonyl (C=O) groups excluding carboxylic acids is 1. The molecule has 1 amide bonds. The molecule has 0 spiro atoms. The van der Waals surface area contributed by atoms with Gasteiger partial charge in [0, 0.05) is 17.5 Å². The van der Waals surface area contributed by atoms with E-state index in [-0.39, 0.29) is 23.7 Å². The highest BCUT2D eigenvalue weighted by molar-refractivity contribution is 6.31. The Morgan fingerprint density at radius 1 is 1.58 bits per heavy atom. The van der Waals surface area contributed by atoms with Gasteiger partial charge in [-0.15, -0.1) is 0 Å². The van der Waals surface area contributed by atoms with Gasteiger partial charge in [0.2, 0.25) is 5.91 Å². The van der Waals surface area contributed by atoms with Crippen LogP contribution in [0.15, 0.2) is 18.2 Å².